The minimum absolute atomic E-state index is 0.162. The van der Waals surface area contributed by atoms with Crippen molar-refractivity contribution in [2.75, 3.05) is 18.5 Å². The molecule has 1 aliphatic heterocycles. The van der Waals surface area contributed by atoms with Crippen molar-refractivity contribution in [3.63, 3.8) is 0 Å². The van der Waals surface area contributed by atoms with Crippen molar-refractivity contribution in [1.82, 2.24) is 15.2 Å². The maximum absolute atomic E-state index is 13.9. The number of piperazine rings is 1. The molecule has 102 valence electrons. The Hall–Kier alpha value is -2.22. The molecular formula is C11H14FN5O2. The third kappa shape index (κ3) is 2.34. The molecule has 0 aliphatic carbocycles. The van der Waals surface area contributed by atoms with Gasteiger partial charge in [0.05, 0.1) is 5.56 Å². The molecule has 1 atom stereocenters. The number of nitrogens with two attached hydrogens (primary N) is 1. The number of hydrazine groups is 1. The Bertz CT molecular complexity index is 522. The summed E-state index contributed by atoms with van der Waals surface area (Å²) in [7, 11) is 0. The molecule has 1 aromatic rings. The Morgan fingerprint density at radius 2 is 2.42 bits per heavy atom. The van der Waals surface area contributed by atoms with Crippen molar-refractivity contribution in [2.24, 2.45) is 5.84 Å². The standard InChI is InChI=1S/C11H14FN5O2/c1-6-10(18)15-4-5-17(6)11(19)7-2-3-14-9(16-13)8(7)12/h2-3,6H,4-5,13H2,1H3,(H,14,16)(H,15,18). The van der Waals surface area contributed by atoms with Gasteiger partial charge in [0.1, 0.15) is 6.04 Å². The number of carbonyl (C=O) groups excluding carboxylic acids is 2. The van der Waals surface area contributed by atoms with E-state index in [-0.39, 0.29) is 17.3 Å². The first kappa shape index (κ1) is 13.2. The Balaban J connectivity index is 2.31. The first-order valence-electron chi connectivity index (χ1n) is 5.76. The van der Waals surface area contributed by atoms with Crippen LogP contribution >= 0.6 is 0 Å². The number of hydrogen-bond donors (Lipinski definition) is 3. The maximum atomic E-state index is 13.9. The van der Waals surface area contributed by atoms with Gasteiger partial charge in [-0.25, -0.2) is 15.2 Å². The molecule has 1 saturated heterocycles. The SMILES string of the molecule is CC1C(=O)NCCN1C(=O)c1ccnc(NN)c1F. The summed E-state index contributed by atoms with van der Waals surface area (Å²) in [5.41, 5.74) is 1.91. The normalized spacial score (nSPS) is 19.0. The van der Waals surface area contributed by atoms with Crippen LogP contribution in [-0.2, 0) is 4.79 Å². The number of rotatable bonds is 2. The van der Waals surface area contributed by atoms with Gasteiger partial charge in [-0.05, 0) is 13.0 Å². The van der Waals surface area contributed by atoms with Crippen LogP contribution in [0.15, 0.2) is 12.3 Å². The lowest BCUT2D eigenvalue weighted by atomic mass is 10.1. The van der Waals surface area contributed by atoms with Gasteiger partial charge in [-0.3, -0.25) is 9.59 Å². The Labute approximate surface area is 108 Å². The summed E-state index contributed by atoms with van der Waals surface area (Å²) in [5, 5.41) is 2.63. The van der Waals surface area contributed by atoms with E-state index in [0.717, 1.165) is 0 Å². The number of aromatic nitrogens is 1. The predicted octanol–water partition coefficient (Wildman–Crippen LogP) is -0.533. The Morgan fingerprint density at radius 3 is 3.11 bits per heavy atom. The molecule has 1 fully saturated rings. The van der Waals surface area contributed by atoms with Crippen molar-refractivity contribution in [3.8, 4) is 0 Å². The number of halogens is 1. The first-order valence-corrected chi connectivity index (χ1v) is 5.76. The number of carbonyl (C=O) groups is 2. The third-order valence-corrected chi connectivity index (χ3v) is 3.02. The number of nitrogen functional groups attached to an aromatic ring is 1. The van der Waals surface area contributed by atoms with E-state index in [1.54, 1.807) is 6.92 Å². The largest absolute Gasteiger partial charge is 0.353 e. The minimum atomic E-state index is -0.826. The molecule has 4 N–H and O–H groups in total. The van der Waals surface area contributed by atoms with Gasteiger partial charge in [0.2, 0.25) is 5.91 Å². The molecule has 2 rings (SSSR count). The second kappa shape index (κ2) is 5.19. The highest BCUT2D eigenvalue weighted by atomic mass is 19.1. The van der Waals surface area contributed by atoms with E-state index < -0.39 is 17.8 Å². The van der Waals surface area contributed by atoms with Crippen LogP contribution < -0.4 is 16.6 Å². The lowest BCUT2D eigenvalue weighted by Gasteiger charge is -2.32. The van der Waals surface area contributed by atoms with Gasteiger partial charge >= 0.3 is 0 Å². The van der Waals surface area contributed by atoms with E-state index in [0.29, 0.717) is 13.1 Å². The second-order valence-corrected chi connectivity index (χ2v) is 4.13. The monoisotopic (exact) mass is 267 g/mol. The zero-order chi connectivity index (χ0) is 14.0. The molecular weight excluding hydrogens is 253 g/mol. The van der Waals surface area contributed by atoms with Gasteiger partial charge in [-0.1, -0.05) is 0 Å². The average molecular weight is 267 g/mol. The highest BCUT2D eigenvalue weighted by Gasteiger charge is 2.31. The molecule has 1 aromatic heterocycles. The van der Waals surface area contributed by atoms with Crippen LogP contribution in [0.3, 0.4) is 0 Å². The molecule has 8 heteroatoms. The molecule has 0 saturated carbocycles. The molecule has 0 radical (unpaired) electrons. The van der Waals surface area contributed by atoms with Crippen LogP contribution in [0.4, 0.5) is 10.2 Å². The van der Waals surface area contributed by atoms with Crippen molar-refractivity contribution in [2.45, 2.75) is 13.0 Å². The summed E-state index contributed by atoms with van der Waals surface area (Å²) >= 11 is 0. The van der Waals surface area contributed by atoms with Crippen LogP contribution in [0, 0.1) is 5.82 Å². The zero-order valence-corrected chi connectivity index (χ0v) is 10.3. The zero-order valence-electron chi connectivity index (χ0n) is 10.3. The van der Waals surface area contributed by atoms with E-state index in [2.05, 4.69) is 15.7 Å². The molecule has 0 spiro atoms. The number of anilines is 1. The molecule has 0 bridgehead atoms. The molecule has 1 aliphatic rings. The van der Waals surface area contributed by atoms with E-state index in [9.17, 15) is 14.0 Å². The van der Waals surface area contributed by atoms with Crippen LogP contribution in [0.1, 0.15) is 17.3 Å². The lowest BCUT2D eigenvalue weighted by Crippen LogP contribution is -2.56. The molecule has 0 aromatic carbocycles. The number of nitrogens with one attached hydrogen (secondary N) is 2. The molecule has 2 heterocycles. The van der Waals surface area contributed by atoms with Crippen molar-refractivity contribution >= 4 is 17.6 Å². The van der Waals surface area contributed by atoms with E-state index in [1.807, 2.05) is 0 Å². The van der Waals surface area contributed by atoms with Crippen LogP contribution in [0.25, 0.3) is 0 Å². The van der Waals surface area contributed by atoms with Gasteiger partial charge in [-0.15, -0.1) is 0 Å². The number of hydrogen-bond acceptors (Lipinski definition) is 5. The third-order valence-electron chi connectivity index (χ3n) is 3.02. The minimum Gasteiger partial charge on any atom is -0.353 e. The fourth-order valence-electron chi connectivity index (χ4n) is 1.92. The van der Waals surface area contributed by atoms with Crippen molar-refractivity contribution in [1.29, 1.82) is 0 Å². The molecule has 1 unspecified atom stereocenters. The fourth-order valence-corrected chi connectivity index (χ4v) is 1.92. The second-order valence-electron chi connectivity index (χ2n) is 4.13. The average Bonchev–Trinajstić information content (AvgIpc) is 2.41. The summed E-state index contributed by atoms with van der Waals surface area (Å²) in [6.07, 6.45) is 1.28. The lowest BCUT2D eigenvalue weighted by molar-refractivity contribution is -0.127. The van der Waals surface area contributed by atoms with Gasteiger partial charge < -0.3 is 15.6 Å². The summed E-state index contributed by atoms with van der Waals surface area (Å²) in [5.74, 6) is 3.26. The van der Waals surface area contributed by atoms with Gasteiger partial charge in [0.15, 0.2) is 11.6 Å². The van der Waals surface area contributed by atoms with E-state index in [4.69, 9.17) is 5.84 Å². The smallest absolute Gasteiger partial charge is 0.257 e. The van der Waals surface area contributed by atoms with Gasteiger partial charge in [-0.2, -0.15) is 0 Å². The highest BCUT2D eigenvalue weighted by Crippen LogP contribution is 2.18. The van der Waals surface area contributed by atoms with Crippen LogP contribution in [-0.4, -0.2) is 40.8 Å². The van der Waals surface area contributed by atoms with E-state index >= 15 is 0 Å². The quantitative estimate of drug-likeness (QED) is 0.494. The molecule has 7 nitrogen and oxygen atoms in total. The summed E-state index contributed by atoms with van der Waals surface area (Å²) in [6.45, 7) is 2.27. The summed E-state index contributed by atoms with van der Waals surface area (Å²) in [4.78, 5) is 28.7. The van der Waals surface area contributed by atoms with Gasteiger partial charge in [0.25, 0.3) is 5.91 Å². The molecule has 2 amide bonds. The fraction of sp³-hybridized carbons (Fsp3) is 0.364. The number of nitrogens with zero attached hydrogens (tertiary/aromatic N) is 2. The van der Waals surface area contributed by atoms with E-state index in [1.165, 1.54) is 17.2 Å². The topological polar surface area (TPSA) is 100 Å². The molecule has 19 heavy (non-hydrogen) atoms. The van der Waals surface area contributed by atoms with Crippen molar-refractivity contribution in [3.05, 3.63) is 23.6 Å². The van der Waals surface area contributed by atoms with Gasteiger partial charge in [0, 0.05) is 19.3 Å². The van der Waals surface area contributed by atoms with Crippen LogP contribution in [0.5, 0.6) is 0 Å². The first-order chi connectivity index (χ1) is 9.06. The highest BCUT2D eigenvalue weighted by molar-refractivity contribution is 5.98. The maximum Gasteiger partial charge on any atom is 0.257 e. The number of pyridine rings is 1. The van der Waals surface area contributed by atoms with Crippen LogP contribution in [0.2, 0.25) is 0 Å². The number of amides is 2. The summed E-state index contributed by atoms with van der Waals surface area (Å²) in [6, 6.07) is 0.626. The summed E-state index contributed by atoms with van der Waals surface area (Å²) < 4.78 is 13.9. The predicted molar refractivity (Wildman–Crippen MR) is 65.5 cm³/mol. The van der Waals surface area contributed by atoms with Crippen molar-refractivity contribution < 1.29 is 14.0 Å². The Morgan fingerprint density at radius 1 is 1.68 bits per heavy atom. The Kier molecular flexibility index (Phi) is 3.61.